The van der Waals surface area contributed by atoms with Crippen molar-refractivity contribution >= 4 is 39.2 Å². The second-order valence-electron chi connectivity index (χ2n) is 6.57. The molecule has 0 radical (unpaired) electrons. The van der Waals surface area contributed by atoms with Crippen LogP contribution in [0.1, 0.15) is 45.5 Å². The van der Waals surface area contributed by atoms with Gasteiger partial charge in [0.2, 0.25) is 0 Å². The van der Waals surface area contributed by atoms with Gasteiger partial charge in [0.1, 0.15) is 0 Å². The highest BCUT2D eigenvalue weighted by Crippen LogP contribution is 2.31. The number of carbonyl (C=O) groups excluding carboxylic acids is 2. The van der Waals surface area contributed by atoms with Crippen LogP contribution in [-0.4, -0.2) is 42.3 Å². The maximum absolute atomic E-state index is 12.9. The maximum Gasteiger partial charge on any atom is 0.357 e. The van der Waals surface area contributed by atoms with Gasteiger partial charge in [-0.25, -0.2) is 9.78 Å². The molecule has 1 aromatic carbocycles. The van der Waals surface area contributed by atoms with Crippen LogP contribution in [0.15, 0.2) is 30.5 Å². The van der Waals surface area contributed by atoms with E-state index in [-0.39, 0.29) is 17.5 Å². The Morgan fingerprint density at radius 3 is 2.71 bits per heavy atom. The van der Waals surface area contributed by atoms with E-state index in [1.165, 1.54) is 18.4 Å². The number of carbonyl (C=O) groups is 2. The van der Waals surface area contributed by atoms with E-state index in [1.807, 2.05) is 42.8 Å². The lowest BCUT2D eigenvalue weighted by Gasteiger charge is -2.07. The SMILES string of the molecule is COCCn1ccc2c(C(=O)Nc3nc(C(=O)OC)c(C(C)C)s3)cccc21. The first-order valence-corrected chi connectivity index (χ1v) is 9.75. The highest BCUT2D eigenvalue weighted by atomic mass is 32.1. The summed E-state index contributed by atoms with van der Waals surface area (Å²) in [5.74, 6) is -0.677. The lowest BCUT2D eigenvalue weighted by atomic mass is 10.1. The quantitative estimate of drug-likeness (QED) is 0.607. The number of hydrogen-bond acceptors (Lipinski definition) is 6. The number of fused-ring (bicyclic) bond motifs is 1. The Morgan fingerprint density at radius 1 is 1.25 bits per heavy atom. The van der Waals surface area contributed by atoms with E-state index in [2.05, 4.69) is 10.3 Å². The van der Waals surface area contributed by atoms with Crippen molar-refractivity contribution < 1.29 is 19.1 Å². The van der Waals surface area contributed by atoms with Gasteiger partial charge in [0.25, 0.3) is 5.91 Å². The lowest BCUT2D eigenvalue weighted by Crippen LogP contribution is -2.13. The van der Waals surface area contributed by atoms with E-state index in [4.69, 9.17) is 9.47 Å². The van der Waals surface area contributed by atoms with E-state index >= 15 is 0 Å². The third kappa shape index (κ3) is 3.93. The molecule has 0 spiro atoms. The minimum atomic E-state index is -0.502. The van der Waals surface area contributed by atoms with Gasteiger partial charge in [-0.05, 0) is 24.1 Å². The maximum atomic E-state index is 12.9. The van der Waals surface area contributed by atoms with E-state index in [0.717, 1.165) is 15.8 Å². The van der Waals surface area contributed by atoms with Crippen LogP contribution in [-0.2, 0) is 16.0 Å². The number of aromatic nitrogens is 2. The molecule has 0 saturated carbocycles. The van der Waals surface area contributed by atoms with Gasteiger partial charge in [0.15, 0.2) is 10.8 Å². The molecule has 0 atom stereocenters. The molecule has 0 fully saturated rings. The molecule has 3 rings (SSSR count). The number of thiazole rings is 1. The summed E-state index contributed by atoms with van der Waals surface area (Å²) in [7, 11) is 2.98. The van der Waals surface area contributed by atoms with Crippen molar-refractivity contribution in [2.24, 2.45) is 0 Å². The third-order valence-corrected chi connectivity index (χ3v) is 5.64. The average molecular weight is 401 g/mol. The van der Waals surface area contributed by atoms with Crippen LogP contribution in [0, 0.1) is 0 Å². The fraction of sp³-hybridized carbons (Fsp3) is 0.350. The van der Waals surface area contributed by atoms with Gasteiger partial charge in [-0.1, -0.05) is 19.9 Å². The summed E-state index contributed by atoms with van der Waals surface area (Å²) in [5, 5.41) is 4.06. The summed E-state index contributed by atoms with van der Waals surface area (Å²) in [6.45, 7) is 5.23. The van der Waals surface area contributed by atoms with Crippen LogP contribution < -0.4 is 5.32 Å². The highest BCUT2D eigenvalue weighted by molar-refractivity contribution is 7.16. The summed E-state index contributed by atoms with van der Waals surface area (Å²) >= 11 is 1.29. The van der Waals surface area contributed by atoms with Crippen LogP contribution in [0.3, 0.4) is 0 Å². The van der Waals surface area contributed by atoms with Crippen LogP contribution in [0.2, 0.25) is 0 Å². The molecule has 0 saturated heterocycles. The minimum Gasteiger partial charge on any atom is -0.464 e. The first kappa shape index (κ1) is 20.0. The lowest BCUT2D eigenvalue weighted by molar-refractivity contribution is 0.0593. The molecule has 1 N–H and O–H groups in total. The third-order valence-electron chi connectivity index (χ3n) is 4.37. The van der Waals surface area contributed by atoms with Crippen LogP contribution in [0.5, 0.6) is 0 Å². The number of anilines is 1. The highest BCUT2D eigenvalue weighted by Gasteiger charge is 2.22. The molecule has 1 amide bonds. The van der Waals surface area contributed by atoms with Crippen LogP contribution in [0.4, 0.5) is 5.13 Å². The predicted molar refractivity (Wildman–Crippen MR) is 109 cm³/mol. The second kappa shape index (κ2) is 8.53. The Morgan fingerprint density at radius 2 is 2.04 bits per heavy atom. The molecule has 2 aromatic heterocycles. The number of esters is 1. The Balaban J connectivity index is 1.89. The van der Waals surface area contributed by atoms with Gasteiger partial charge in [0, 0.05) is 41.2 Å². The van der Waals surface area contributed by atoms with Crippen molar-refractivity contribution in [3.05, 3.63) is 46.6 Å². The van der Waals surface area contributed by atoms with Crippen LogP contribution >= 0.6 is 11.3 Å². The zero-order chi connectivity index (χ0) is 20.3. The standard InChI is InChI=1S/C20H23N3O4S/c1-12(2)17-16(19(25)27-4)21-20(28-17)22-18(24)14-6-5-7-15-13(14)8-9-23(15)10-11-26-3/h5-9,12H,10-11H2,1-4H3,(H,21,22,24). The zero-order valence-corrected chi connectivity index (χ0v) is 17.1. The van der Waals surface area contributed by atoms with Crippen molar-refractivity contribution in [2.45, 2.75) is 26.3 Å². The minimum absolute atomic E-state index is 0.0931. The topological polar surface area (TPSA) is 82.5 Å². The zero-order valence-electron chi connectivity index (χ0n) is 16.3. The first-order valence-electron chi connectivity index (χ1n) is 8.93. The molecule has 7 nitrogen and oxygen atoms in total. The van der Waals surface area contributed by atoms with Gasteiger partial charge in [-0.3, -0.25) is 10.1 Å². The molecule has 0 aliphatic heterocycles. The molecule has 0 bridgehead atoms. The van der Waals surface area contributed by atoms with E-state index in [1.54, 1.807) is 13.2 Å². The fourth-order valence-electron chi connectivity index (χ4n) is 2.99. The molecule has 8 heteroatoms. The first-order chi connectivity index (χ1) is 13.5. The Hall–Kier alpha value is -2.71. The number of methoxy groups -OCH3 is 2. The molecule has 0 aliphatic carbocycles. The van der Waals surface area contributed by atoms with Crippen molar-refractivity contribution in [1.29, 1.82) is 0 Å². The average Bonchev–Trinajstić information content (AvgIpc) is 3.29. The molecule has 2 heterocycles. The molecule has 0 unspecified atom stereocenters. The molecular formula is C20H23N3O4S. The number of ether oxygens (including phenoxy) is 2. The predicted octanol–water partition coefficient (Wildman–Crippen LogP) is 3.91. The summed E-state index contributed by atoms with van der Waals surface area (Å²) in [6, 6.07) is 7.51. The summed E-state index contributed by atoms with van der Waals surface area (Å²) in [5.41, 5.74) is 1.76. The number of amides is 1. The van der Waals surface area contributed by atoms with Crippen molar-refractivity contribution in [2.75, 3.05) is 26.1 Å². The van der Waals surface area contributed by atoms with Gasteiger partial charge in [-0.2, -0.15) is 0 Å². The molecule has 148 valence electrons. The smallest absolute Gasteiger partial charge is 0.357 e. The van der Waals surface area contributed by atoms with Crippen molar-refractivity contribution in [3.63, 3.8) is 0 Å². The Bertz CT molecular complexity index is 1010. The van der Waals surface area contributed by atoms with E-state index in [0.29, 0.717) is 23.8 Å². The van der Waals surface area contributed by atoms with Crippen molar-refractivity contribution in [1.82, 2.24) is 9.55 Å². The largest absolute Gasteiger partial charge is 0.464 e. The molecule has 28 heavy (non-hydrogen) atoms. The number of rotatable bonds is 7. The summed E-state index contributed by atoms with van der Waals surface area (Å²) < 4.78 is 12.0. The van der Waals surface area contributed by atoms with Crippen LogP contribution in [0.25, 0.3) is 10.9 Å². The Labute approximate surface area is 167 Å². The van der Waals surface area contributed by atoms with Gasteiger partial charge < -0.3 is 14.0 Å². The summed E-state index contributed by atoms with van der Waals surface area (Å²) in [6.07, 6.45) is 1.94. The molecule has 0 aliphatic rings. The number of nitrogens with zero attached hydrogens (tertiary/aromatic N) is 2. The van der Waals surface area contributed by atoms with E-state index < -0.39 is 5.97 Å². The van der Waals surface area contributed by atoms with Gasteiger partial charge >= 0.3 is 5.97 Å². The number of benzene rings is 1. The number of hydrogen-bond donors (Lipinski definition) is 1. The summed E-state index contributed by atoms with van der Waals surface area (Å²) in [4.78, 5) is 29.9. The normalized spacial score (nSPS) is 11.2. The number of nitrogens with one attached hydrogen (secondary N) is 1. The monoisotopic (exact) mass is 401 g/mol. The molecule has 3 aromatic rings. The molecular weight excluding hydrogens is 378 g/mol. The fourth-order valence-corrected chi connectivity index (χ4v) is 3.94. The van der Waals surface area contributed by atoms with Crippen molar-refractivity contribution in [3.8, 4) is 0 Å². The second-order valence-corrected chi connectivity index (χ2v) is 7.60. The van der Waals surface area contributed by atoms with E-state index in [9.17, 15) is 9.59 Å². The van der Waals surface area contributed by atoms with Gasteiger partial charge in [0.05, 0.1) is 13.7 Å². The Kier molecular flexibility index (Phi) is 6.11. The van der Waals surface area contributed by atoms with Gasteiger partial charge in [-0.15, -0.1) is 11.3 Å².